The number of carboxylic acid groups (broad SMARTS) is 1. The second kappa shape index (κ2) is 11.3. The fourth-order valence-corrected chi connectivity index (χ4v) is 8.04. The Hall–Kier alpha value is -3.56. The zero-order valence-electron chi connectivity index (χ0n) is 23.4. The monoisotopic (exact) mass is 609 g/mol. The van der Waals surface area contributed by atoms with Crippen LogP contribution in [-0.4, -0.2) is 47.1 Å². The quantitative estimate of drug-likeness (QED) is 0.296. The van der Waals surface area contributed by atoms with Crippen molar-refractivity contribution < 1.29 is 33.7 Å². The number of ketones is 1. The van der Waals surface area contributed by atoms with Crippen molar-refractivity contribution >= 4 is 40.6 Å². The minimum Gasteiger partial charge on any atom is -0.497 e. The van der Waals surface area contributed by atoms with Crippen molar-refractivity contribution in [3.05, 3.63) is 74.9 Å². The number of likely N-dealkylation sites (tertiary alicyclic amines) is 1. The molecule has 2 aromatic carbocycles. The average molecular weight is 610 g/mol. The van der Waals surface area contributed by atoms with Crippen molar-refractivity contribution in [1.82, 2.24) is 4.90 Å². The number of halogens is 1. The highest BCUT2D eigenvalue weighted by Gasteiger charge is 2.65. The molecular weight excluding hydrogens is 578 g/mol. The van der Waals surface area contributed by atoms with Crippen LogP contribution in [0.5, 0.6) is 17.2 Å². The van der Waals surface area contributed by atoms with Crippen LogP contribution < -0.4 is 14.2 Å². The van der Waals surface area contributed by atoms with Gasteiger partial charge in [-0.25, -0.2) is 4.79 Å². The predicted octanol–water partition coefficient (Wildman–Crippen LogP) is 6.73. The molecule has 1 amide bonds. The molecule has 3 heterocycles. The number of Topliss-reactive ketones (excluding diaryl/α,β-unsaturated/α-hetero) is 1. The third kappa shape index (κ3) is 4.72. The smallest absolute Gasteiger partial charge is 0.330 e. The molecule has 1 saturated carbocycles. The van der Waals surface area contributed by atoms with Crippen LogP contribution in [0.15, 0.2) is 54.6 Å². The Morgan fingerprint density at radius 3 is 2.45 bits per heavy atom. The lowest BCUT2D eigenvalue weighted by atomic mass is 9.72. The number of fused-ring (bicyclic) bond motifs is 1. The molecule has 0 bridgehead atoms. The molecule has 1 N–H and O–H groups in total. The molecule has 6 rings (SSSR count). The molecule has 1 aromatic heterocycles. The van der Waals surface area contributed by atoms with Gasteiger partial charge in [0.25, 0.3) is 0 Å². The number of thiophene rings is 1. The van der Waals surface area contributed by atoms with E-state index in [4.69, 9.17) is 25.8 Å². The lowest BCUT2D eigenvalue weighted by molar-refractivity contribution is -0.160. The molecule has 42 heavy (non-hydrogen) atoms. The molecule has 3 aliphatic rings. The summed E-state index contributed by atoms with van der Waals surface area (Å²) in [5.41, 5.74) is -0.546. The van der Waals surface area contributed by atoms with E-state index in [1.54, 1.807) is 61.5 Å². The summed E-state index contributed by atoms with van der Waals surface area (Å²) in [6.07, 6.45) is 4.21. The van der Waals surface area contributed by atoms with E-state index < -0.39 is 29.4 Å². The van der Waals surface area contributed by atoms with Gasteiger partial charge >= 0.3 is 5.97 Å². The SMILES string of the molecule is COc1cccc(C2C(C(=O)c3ccc(Cl)s3)C(c3ccc4c(c3)OCO4)N(C(=O)C3CCCCC3)C2(C)C(=O)O)c1. The van der Waals surface area contributed by atoms with Crippen LogP contribution in [0.4, 0.5) is 0 Å². The second-order valence-electron chi connectivity index (χ2n) is 11.3. The Kier molecular flexibility index (Phi) is 7.66. The van der Waals surface area contributed by atoms with Gasteiger partial charge in [-0.1, -0.05) is 49.1 Å². The van der Waals surface area contributed by atoms with Gasteiger partial charge in [-0.05, 0) is 67.3 Å². The van der Waals surface area contributed by atoms with Gasteiger partial charge in [0.15, 0.2) is 17.3 Å². The minimum absolute atomic E-state index is 0.0590. The molecule has 3 aromatic rings. The minimum atomic E-state index is -1.76. The highest BCUT2D eigenvalue weighted by atomic mass is 35.5. The molecule has 8 nitrogen and oxygen atoms in total. The van der Waals surface area contributed by atoms with Gasteiger partial charge in [0.05, 0.1) is 28.3 Å². The molecule has 2 fully saturated rings. The van der Waals surface area contributed by atoms with Crippen molar-refractivity contribution in [1.29, 1.82) is 0 Å². The molecule has 220 valence electrons. The van der Waals surface area contributed by atoms with E-state index >= 15 is 0 Å². The third-order valence-electron chi connectivity index (χ3n) is 9.02. The lowest BCUT2D eigenvalue weighted by Gasteiger charge is -2.40. The maximum Gasteiger partial charge on any atom is 0.330 e. The van der Waals surface area contributed by atoms with E-state index in [0.29, 0.717) is 50.4 Å². The van der Waals surface area contributed by atoms with E-state index in [2.05, 4.69) is 0 Å². The third-order valence-corrected chi connectivity index (χ3v) is 10.3. The summed E-state index contributed by atoms with van der Waals surface area (Å²) < 4.78 is 17.2. The number of carboxylic acids is 1. The number of amides is 1. The topological polar surface area (TPSA) is 102 Å². The van der Waals surface area contributed by atoms with Crippen molar-refractivity contribution in [2.24, 2.45) is 11.8 Å². The first-order chi connectivity index (χ1) is 20.2. The van der Waals surface area contributed by atoms with Crippen LogP contribution >= 0.6 is 22.9 Å². The van der Waals surface area contributed by atoms with Crippen LogP contribution in [0.25, 0.3) is 0 Å². The second-order valence-corrected chi connectivity index (χ2v) is 13.0. The first-order valence-electron chi connectivity index (χ1n) is 14.1. The molecule has 1 saturated heterocycles. The Balaban J connectivity index is 1.61. The van der Waals surface area contributed by atoms with E-state index in [1.807, 2.05) is 0 Å². The zero-order chi connectivity index (χ0) is 29.6. The highest BCUT2D eigenvalue weighted by molar-refractivity contribution is 7.18. The standard InChI is InChI=1S/C32H32ClNO7S/c1-32(31(37)38)27(19-9-6-10-21(15-19)39-2)26(29(35)24-13-14-25(33)42-24)28(20-11-12-22-23(16-20)41-17-40-22)34(32)30(36)18-7-4-3-5-8-18/h6,9-16,18,26-28H,3-5,7-8,17H2,1-2H3,(H,37,38). The fraction of sp³-hybridized carbons (Fsp3) is 0.406. The molecule has 0 spiro atoms. The molecular formula is C32H32ClNO7S. The number of carbonyl (C=O) groups is 3. The maximum absolute atomic E-state index is 14.6. The van der Waals surface area contributed by atoms with Crippen LogP contribution in [0.3, 0.4) is 0 Å². The molecule has 1 aliphatic carbocycles. The summed E-state index contributed by atoms with van der Waals surface area (Å²) in [5.74, 6) is -2.28. The molecule has 4 unspecified atom stereocenters. The van der Waals surface area contributed by atoms with Crippen LogP contribution in [0, 0.1) is 11.8 Å². The molecule has 4 atom stereocenters. The number of nitrogens with zero attached hydrogens (tertiary/aromatic N) is 1. The summed E-state index contributed by atoms with van der Waals surface area (Å²) >= 11 is 7.42. The highest BCUT2D eigenvalue weighted by Crippen LogP contribution is 2.58. The fourth-order valence-electron chi connectivity index (χ4n) is 7.01. The molecule has 0 radical (unpaired) electrons. The van der Waals surface area contributed by atoms with E-state index in [0.717, 1.165) is 30.6 Å². The van der Waals surface area contributed by atoms with Gasteiger partial charge in [0.2, 0.25) is 12.7 Å². The van der Waals surface area contributed by atoms with Crippen molar-refractivity contribution in [3.63, 3.8) is 0 Å². The van der Waals surface area contributed by atoms with Crippen LogP contribution in [0.1, 0.15) is 71.8 Å². The summed E-state index contributed by atoms with van der Waals surface area (Å²) in [5, 5.41) is 11.0. The zero-order valence-corrected chi connectivity index (χ0v) is 25.0. The van der Waals surface area contributed by atoms with Gasteiger partial charge in [-0.15, -0.1) is 11.3 Å². The van der Waals surface area contributed by atoms with Gasteiger partial charge in [0, 0.05) is 11.8 Å². The molecule has 10 heteroatoms. The summed E-state index contributed by atoms with van der Waals surface area (Å²) in [6.45, 7) is 1.64. The number of ether oxygens (including phenoxy) is 3. The van der Waals surface area contributed by atoms with E-state index in [-0.39, 0.29) is 24.4 Å². The normalized spacial score (nSPS) is 25.4. The summed E-state index contributed by atoms with van der Waals surface area (Å²) in [7, 11) is 1.54. The largest absolute Gasteiger partial charge is 0.497 e. The Morgan fingerprint density at radius 1 is 1.00 bits per heavy atom. The number of aliphatic carboxylic acids is 1. The van der Waals surface area contributed by atoms with Crippen molar-refractivity contribution in [3.8, 4) is 17.2 Å². The van der Waals surface area contributed by atoms with Gasteiger partial charge in [-0.3, -0.25) is 9.59 Å². The Morgan fingerprint density at radius 2 is 1.76 bits per heavy atom. The number of hydrogen-bond acceptors (Lipinski definition) is 7. The first-order valence-corrected chi connectivity index (χ1v) is 15.3. The number of hydrogen-bond donors (Lipinski definition) is 1. The number of rotatable bonds is 7. The average Bonchev–Trinajstić information content (AvgIpc) is 3.73. The summed E-state index contributed by atoms with van der Waals surface area (Å²) in [6, 6.07) is 14.9. The Labute approximate surface area is 253 Å². The van der Waals surface area contributed by atoms with Gasteiger partial charge < -0.3 is 24.2 Å². The number of carbonyl (C=O) groups excluding carboxylic acids is 2. The van der Waals surface area contributed by atoms with Gasteiger partial charge in [0.1, 0.15) is 11.3 Å². The van der Waals surface area contributed by atoms with E-state index in [9.17, 15) is 19.5 Å². The summed E-state index contributed by atoms with van der Waals surface area (Å²) in [4.78, 5) is 44.6. The molecule has 2 aliphatic heterocycles. The predicted molar refractivity (Wildman–Crippen MR) is 158 cm³/mol. The lowest BCUT2D eigenvalue weighted by Crippen LogP contribution is -2.55. The van der Waals surface area contributed by atoms with Crippen molar-refractivity contribution in [2.45, 2.75) is 56.5 Å². The first kappa shape index (κ1) is 28.6. The van der Waals surface area contributed by atoms with E-state index in [1.165, 1.54) is 12.0 Å². The maximum atomic E-state index is 14.6. The number of methoxy groups -OCH3 is 1. The van der Waals surface area contributed by atoms with Crippen LogP contribution in [-0.2, 0) is 9.59 Å². The van der Waals surface area contributed by atoms with Crippen LogP contribution in [0.2, 0.25) is 4.34 Å². The number of benzene rings is 2. The van der Waals surface area contributed by atoms with Gasteiger partial charge in [-0.2, -0.15) is 0 Å². The van der Waals surface area contributed by atoms with Crippen molar-refractivity contribution in [2.75, 3.05) is 13.9 Å². The Bertz CT molecular complexity index is 1530.